The number of halogens is 5. The molecule has 0 bridgehead atoms. The maximum absolute atomic E-state index is 13.6. The first-order chi connectivity index (χ1) is 16.4. The number of carbonyl (C=O) groups is 2. The molecule has 1 amide bonds. The molecule has 1 aliphatic rings. The average molecular weight is 531 g/mol. The number of nitrogens with one attached hydrogen (secondary N) is 2. The van der Waals surface area contributed by atoms with Crippen LogP contribution in [-0.4, -0.2) is 36.2 Å². The van der Waals surface area contributed by atoms with E-state index in [1.165, 1.54) is 0 Å². The topological polar surface area (TPSA) is 78.4 Å². The van der Waals surface area contributed by atoms with E-state index < -0.39 is 48.4 Å². The summed E-state index contributed by atoms with van der Waals surface area (Å²) in [5.41, 5.74) is 0.313. The molecule has 1 saturated heterocycles. The summed E-state index contributed by atoms with van der Waals surface area (Å²) in [7, 11) is 0. The maximum Gasteiger partial charge on any atom is 0.401 e. The highest BCUT2D eigenvalue weighted by molar-refractivity contribution is 6.30. The van der Waals surface area contributed by atoms with E-state index in [0.717, 1.165) is 11.1 Å². The van der Waals surface area contributed by atoms with Crippen LogP contribution in [0.15, 0.2) is 48.5 Å². The molecule has 3 rings (SSSR count). The summed E-state index contributed by atoms with van der Waals surface area (Å²) >= 11 is 12.3. The summed E-state index contributed by atoms with van der Waals surface area (Å²) in [6.45, 7) is 0.564. The zero-order valence-corrected chi connectivity index (χ0v) is 20.6. The molecule has 10 heteroatoms. The Kier molecular flexibility index (Phi) is 8.72. The van der Waals surface area contributed by atoms with Gasteiger partial charge in [-0.3, -0.25) is 9.59 Å². The largest absolute Gasteiger partial charge is 0.481 e. The van der Waals surface area contributed by atoms with E-state index in [1.807, 2.05) is 6.07 Å². The molecule has 2 aromatic rings. The Balaban J connectivity index is 1.96. The molecule has 0 unspecified atom stereocenters. The number of carboxylic acids is 1. The smallest absolute Gasteiger partial charge is 0.401 e. The van der Waals surface area contributed by atoms with Crippen LogP contribution in [-0.2, 0) is 9.59 Å². The second-order valence-corrected chi connectivity index (χ2v) is 9.95. The number of carboxylic acid groups (broad SMARTS) is 1. The van der Waals surface area contributed by atoms with Gasteiger partial charge in [-0.2, -0.15) is 13.2 Å². The van der Waals surface area contributed by atoms with Crippen LogP contribution in [0.2, 0.25) is 10.0 Å². The number of alkyl halides is 3. The Bertz CT molecular complexity index is 1050. The van der Waals surface area contributed by atoms with Crippen molar-refractivity contribution in [3.63, 3.8) is 0 Å². The van der Waals surface area contributed by atoms with E-state index in [1.54, 1.807) is 49.4 Å². The summed E-state index contributed by atoms with van der Waals surface area (Å²) in [4.78, 5) is 25.4. The number of hydrogen-bond acceptors (Lipinski definition) is 3. The summed E-state index contributed by atoms with van der Waals surface area (Å²) < 4.78 is 37.6. The van der Waals surface area contributed by atoms with Crippen molar-refractivity contribution in [2.24, 2.45) is 11.3 Å². The first kappa shape index (κ1) is 27.3. The molecule has 0 aliphatic carbocycles. The fraction of sp³-hybridized carbons (Fsp3) is 0.440. The molecule has 35 heavy (non-hydrogen) atoms. The van der Waals surface area contributed by atoms with Crippen molar-refractivity contribution in [1.29, 1.82) is 0 Å². The van der Waals surface area contributed by atoms with E-state index >= 15 is 0 Å². The molecular weight excluding hydrogens is 504 g/mol. The van der Waals surface area contributed by atoms with Gasteiger partial charge in [-0.25, -0.2) is 0 Å². The normalized spacial score (nSPS) is 23.5. The van der Waals surface area contributed by atoms with E-state index in [0.29, 0.717) is 10.0 Å². The number of piperidine rings is 1. The number of aliphatic carboxylic acids is 1. The van der Waals surface area contributed by atoms with Crippen molar-refractivity contribution >= 4 is 35.1 Å². The molecule has 2 aromatic carbocycles. The Hall–Kier alpha value is -2.29. The number of hydrogen-bond donors (Lipinski definition) is 3. The van der Waals surface area contributed by atoms with Crippen molar-refractivity contribution in [2.75, 3.05) is 13.1 Å². The van der Waals surface area contributed by atoms with Crippen molar-refractivity contribution in [2.45, 2.75) is 44.3 Å². The predicted octanol–water partition coefficient (Wildman–Crippen LogP) is 5.98. The van der Waals surface area contributed by atoms with Gasteiger partial charge in [0.15, 0.2) is 0 Å². The van der Waals surface area contributed by atoms with Crippen LogP contribution in [0.25, 0.3) is 0 Å². The van der Waals surface area contributed by atoms with Crippen LogP contribution >= 0.6 is 23.2 Å². The molecule has 1 heterocycles. The second kappa shape index (κ2) is 11.2. The highest BCUT2D eigenvalue weighted by Gasteiger charge is 2.52. The van der Waals surface area contributed by atoms with Gasteiger partial charge in [0.2, 0.25) is 5.91 Å². The summed E-state index contributed by atoms with van der Waals surface area (Å²) in [6.07, 6.45) is -4.40. The molecule has 1 aliphatic heterocycles. The van der Waals surface area contributed by atoms with Crippen LogP contribution in [0.5, 0.6) is 0 Å². The molecular formula is C25H27Cl2F3N2O3. The summed E-state index contributed by atoms with van der Waals surface area (Å²) in [5, 5.41) is 16.1. The lowest BCUT2D eigenvalue weighted by atomic mass is 9.61. The molecule has 0 saturated carbocycles. The standard InChI is InChI=1S/C25H27Cl2F3N2O3/c1-15(9-10-31-14-25(28,29)30)24(13-21(33)34)12-20(17-3-2-4-19(27)11-17)22(32-23(24)35)16-5-7-18(26)8-6-16/h2-8,11,15,20,22,31H,9-10,12-14H2,1H3,(H,32,35)(H,33,34)/t15-,20+,22+,24+/m0/s1. The molecule has 3 N–H and O–H groups in total. The Morgan fingerprint density at radius 2 is 1.86 bits per heavy atom. The zero-order valence-electron chi connectivity index (χ0n) is 19.0. The van der Waals surface area contributed by atoms with Crippen LogP contribution < -0.4 is 10.6 Å². The van der Waals surface area contributed by atoms with Crippen LogP contribution in [0.1, 0.15) is 49.3 Å². The van der Waals surface area contributed by atoms with Gasteiger partial charge in [0, 0.05) is 16.0 Å². The second-order valence-electron chi connectivity index (χ2n) is 9.08. The number of amides is 1. The van der Waals surface area contributed by atoms with Gasteiger partial charge in [-0.05, 0) is 60.7 Å². The van der Waals surface area contributed by atoms with Gasteiger partial charge in [0.05, 0.1) is 24.4 Å². The fourth-order valence-electron chi connectivity index (χ4n) is 4.87. The predicted molar refractivity (Wildman–Crippen MR) is 129 cm³/mol. The van der Waals surface area contributed by atoms with Gasteiger partial charge in [0.1, 0.15) is 0 Å². The SMILES string of the molecule is C[C@@H](CCNCC(F)(F)F)[C@]1(CC(=O)O)C[C@H](c2cccc(Cl)c2)[C@@H](c2ccc(Cl)cc2)NC1=O. The minimum absolute atomic E-state index is 0.00221. The number of benzene rings is 2. The molecule has 1 fully saturated rings. The highest BCUT2D eigenvalue weighted by Crippen LogP contribution is 2.51. The first-order valence-corrected chi connectivity index (χ1v) is 12.0. The average Bonchev–Trinajstić information content (AvgIpc) is 2.77. The van der Waals surface area contributed by atoms with Crippen LogP contribution in [0, 0.1) is 11.3 Å². The maximum atomic E-state index is 13.6. The quantitative estimate of drug-likeness (QED) is 0.348. The molecule has 4 atom stereocenters. The molecule has 5 nitrogen and oxygen atoms in total. The van der Waals surface area contributed by atoms with E-state index in [-0.39, 0.29) is 25.3 Å². The van der Waals surface area contributed by atoms with E-state index in [9.17, 15) is 27.9 Å². The monoisotopic (exact) mass is 530 g/mol. The molecule has 190 valence electrons. The minimum atomic E-state index is -4.35. The number of carbonyl (C=O) groups excluding carboxylic acids is 1. The summed E-state index contributed by atoms with van der Waals surface area (Å²) in [5.74, 6) is -2.41. The van der Waals surface area contributed by atoms with Gasteiger partial charge in [0.25, 0.3) is 0 Å². The van der Waals surface area contributed by atoms with E-state index in [4.69, 9.17) is 23.2 Å². The lowest BCUT2D eigenvalue weighted by molar-refractivity contribution is -0.152. The van der Waals surface area contributed by atoms with Gasteiger partial charge >= 0.3 is 12.1 Å². The van der Waals surface area contributed by atoms with Gasteiger partial charge in [-0.1, -0.05) is 54.4 Å². The first-order valence-electron chi connectivity index (χ1n) is 11.2. The third kappa shape index (κ3) is 6.90. The van der Waals surface area contributed by atoms with Gasteiger partial charge in [-0.15, -0.1) is 0 Å². The highest BCUT2D eigenvalue weighted by atomic mass is 35.5. The molecule has 0 spiro atoms. The van der Waals surface area contributed by atoms with E-state index in [2.05, 4.69) is 10.6 Å². The fourth-order valence-corrected chi connectivity index (χ4v) is 5.19. The minimum Gasteiger partial charge on any atom is -0.481 e. The zero-order chi connectivity index (χ0) is 25.8. The molecule has 0 radical (unpaired) electrons. The van der Waals surface area contributed by atoms with Crippen molar-refractivity contribution in [1.82, 2.24) is 10.6 Å². The summed E-state index contributed by atoms with van der Waals surface area (Å²) in [6, 6.07) is 13.7. The van der Waals surface area contributed by atoms with Crippen molar-refractivity contribution < 1.29 is 27.9 Å². The lowest BCUT2D eigenvalue weighted by Crippen LogP contribution is -2.54. The van der Waals surface area contributed by atoms with Crippen molar-refractivity contribution in [3.8, 4) is 0 Å². The van der Waals surface area contributed by atoms with Crippen LogP contribution in [0.3, 0.4) is 0 Å². The van der Waals surface area contributed by atoms with Crippen molar-refractivity contribution in [3.05, 3.63) is 69.7 Å². The number of rotatable bonds is 9. The Labute approximate surface area is 212 Å². The lowest BCUT2D eigenvalue weighted by Gasteiger charge is -2.47. The van der Waals surface area contributed by atoms with Crippen LogP contribution in [0.4, 0.5) is 13.2 Å². The third-order valence-corrected chi connectivity index (χ3v) is 7.21. The van der Waals surface area contributed by atoms with Gasteiger partial charge < -0.3 is 15.7 Å². The Morgan fingerprint density at radius 3 is 2.46 bits per heavy atom. The Morgan fingerprint density at radius 1 is 1.17 bits per heavy atom. The third-order valence-electron chi connectivity index (χ3n) is 6.72. The molecule has 0 aromatic heterocycles.